The molecule has 0 bridgehead atoms. The van der Waals surface area contributed by atoms with Gasteiger partial charge in [-0.05, 0) is 44.5 Å². The Bertz CT molecular complexity index is 116. The van der Waals surface area contributed by atoms with Crippen LogP contribution >= 0.6 is 12.6 Å². The average Bonchev–Trinajstić information content (AvgIpc) is 2.15. The molecule has 1 unspecified atom stereocenters. The third-order valence-electron chi connectivity index (χ3n) is 2.82. The van der Waals surface area contributed by atoms with Crippen LogP contribution in [0.3, 0.4) is 0 Å². The number of nitrogens with zero attached hydrogens (tertiary/aromatic N) is 1. The summed E-state index contributed by atoms with van der Waals surface area (Å²) >= 11 is 4.25. The first-order valence-corrected chi connectivity index (χ1v) is 5.86. The van der Waals surface area contributed by atoms with Crippen molar-refractivity contribution in [2.45, 2.75) is 45.1 Å². The Morgan fingerprint density at radius 2 is 2.25 bits per heavy atom. The maximum atomic E-state index is 4.25. The van der Waals surface area contributed by atoms with Gasteiger partial charge in [0.25, 0.3) is 0 Å². The van der Waals surface area contributed by atoms with E-state index in [4.69, 9.17) is 0 Å². The van der Waals surface area contributed by atoms with Crippen molar-refractivity contribution in [3.8, 4) is 0 Å². The first kappa shape index (κ1) is 10.4. The van der Waals surface area contributed by atoms with Crippen LogP contribution in [0.5, 0.6) is 0 Å². The molecule has 12 heavy (non-hydrogen) atoms. The van der Waals surface area contributed by atoms with Gasteiger partial charge in [0.15, 0.2) is 0 Å². The van der Waals surface area contributed by atoms with Gasteiger partial charge in [0.2, 0.25) is 0 Å². The van der Waals surface area contributed by atoms with Gasteiger partial charge >= 0.3 is 0 Å². The highest BCUT2D eigenvalue weighted by Gasteiger charge is 2.19. The Labute approximate surface area is 81.9 Å². The molecule has 0 aromatic carbocycles. The van der Waals surface area contributed by atoms with E-state index in [9.17, 15) is 0 Å². The summed E-state index contributed by atoms with van der Waals surface area (Å²) in [6.07, 6.45) is 6.84. The van der Waals surface area contributed by atoms with Crippen molar-refractivity contribution in [3.05, 3.63) is 0 Å². The molecule has 0 spiro atoms. The fraction of sp³-hybridized carbons (Fsp3) is 1.00. The molecule has 0 aliphatic carbocycles. The van der Waals surface area contributed by atoms with E-state index >= 15 is 0 Å². The van der Waals surface area contributed by atoms with E-state index in [2.05, 4.69) is 24.5 Å². The number of piperidine rings is 1. The normalized spacial score (nSPS) is 26.0. The Balaban J connectivity index is 2.26. The van der Waals surface area contributed by atoms with Crippen molar-refractivity contribution in [2.24, 2.45) is 0 Å². The van der Waals surface area contributed by atoms with Crippen LogP contribution in [0.15, 0.2) is 0 Å². The lowest BCUT2D eigenvalue weighted by Gasteiger charge is -2.35. The van der Waals surface area contributed by atoms with Gasteiger partial charge < -0.3 is 4.90 Å². The monoisotopic (exact) mass is 187 g/mol. The quantitative estimate of drug-likeness (QED) is 0.662. The molecule has 1 atom stereocenters. The predicted molar refractivity (Wildman–Crippen MR) is 58.0 cm³/mol. The van der Waals surface area contributed by atoms with Crippen LogP contribution in [-0.2, 0) is 0 Å². The molecule has 1 aliphatic rings. The second-order valence-electron chi connectivity index (χ2n) is 3.67. The van der Waals surface area contributed by atoms with Gasteiger partial charge in [0.1, 0.15) is 0 Å². The number of rotatable bonds is 4. The lowest BCUT2D eigenvalue weighted by atomic mass is 10.00. The van der Waals surface area contributed by atoms with Crippen LogP contribution in [0.25, 0.3) is 0 Å². The predicted octanol–water partition coefficient (Wildman–Crippen LogP) is 2.57. The van der Waals surface area contributed by atoms with Gasteiger partial charge in [-0.15, -0.1) is 0 Å². The lowest BCUT2D eigenvalue weighted by molar-refractivity contribution is 0.145. The molecule has 0 saturated carbocycles. The summed E-state index contributed by atoms with van der Waals surface area (Å²) < 4.78 is 0. The number of hydrogen-bond acceptors (Lipinski definition) is 2. The van der Waals surface area contributed by atoms with E-state index in [-0.39, 0.29) is 0 Å². The van der Waals surface area contributed by atoms with Gasteiger partial charge in [-0.2, -0.15) is 12.6 Å². The molecule has 0 N–H and O–H groups in total. The summed E-state index contributed by atoms with van der Waals surface area (Å²) in [5, 5.41) is 0. The van der Waals surface area contributed by atoms with Crippen molar-refractivity contribution in [1.82, 2.24) is 4.90 Å². The fourth-order valence-electron chi connectivity index (χ4n) is 2.09. The Kier molecular flexibility index (Phi) is 5.08. The number of hydrogen-bond donors (Lipinski definition) is 1. The minimum atomic E-state index is 0.874. The van der Waals surface area contributed by atoms with Crippen LogP contribution in [0.1, 0.15) is 39.0 Å². The zero-order valence-electron chi connectivity index (χ0n) is 8.13. The zero-order valence-corrected chi connectivity index (χ0v) is 9.02. The molecule has 1 rings (SSSR count). The summed E-state index contributed by atoms with van der Waals surface area (Å²) in [5.41, 5.74) is 0. The molecule has 1 fully saturated rings. The Morgan fingerprint density at radius 3 is 2.92 bits per heavy atom. The topological polar surface area (TPSA) is 3.24 Å². The number of likely N-dealkylation sites (tertiary alicyclic amines) is 1. The highest BCUT2D eigenvalue weighted by atomic mass is 32.1. The summed E-state index contributed by atoms with van der Waals surface area (Å²) in [6.45, 7) is 4.90. The third kappa shape index (κ3) is 2.98. The van der Waals surface area contributed by atoms with E-state index in [0.717, 1.165) is 11.8 Å². The molecule has 1 nitrogen and oxygen atoms in total. The van der Waals surface area contributed by atoms with Crippen LogP contribution in [0, 0.1) is 0 Å². The minimum Gasteiger partial charge on any atom is -0.300 e. The molecule has 0 aromatic rings. The molecule has 1 aliphatic heterocycles. The van der Waals surface area contributed by atoms with E-state index in [1.165, 1.54) is 45.2 Å². The van der Waals surface area contributed by atoms with Crippen molar-refractivity contribution < 1.29 is 0 Å². The van der Waals surface area contributed by atoms with E-state index in [1.54, 1.807) is 0 Å². The molecule has 1 saturated heterocycles. The smallest absolute Gasteiger partial charge is 0.00926 e. The molecule has 0 radical (unpaired) electrons. The van der Waals surface area contributed by atoms with Gasteiger partial charge in [-0.3, -0.25) is 0 Å². The van der Waals surface area contributed by atoms with E-state index in [1.807, 2.05) is 0 Å². The van der Waals surface area contributed by atoms with Crippen LogP contribution in [-0.4, -0.2) is 29.8 Å². The van der Waals surface area contributed by atoms with Gasteiger partial charge in [0.05, 0.1) is 0 Å². The van der Waals surface area contributed by atoms with Gasteiger partial charge in [-0.25, -0.2) is 0 Å². The summed E-state index contributed by atoms with van der Waals surface area (Å²) in [7, 11) is 0. The fourth-order valence-corrected chi connectivity index (χ4v) is 2.23. The van der Waals surface area contributed by atoms with E-state index < -0.39 is 0 Å². The zero-order chi connectivity index (χ0) is 8.81. The summed E-state index contributed by atoms with van der Waals surface area (Å²) in [6, 6.07) is 0.874. The van der Waals surface area contributed by atoms with Crippen molar-refractivity contribution in [2.75, 3.05) is 18.8 Å². The molecule has 2 heteroatoms. The van der Waals surface area contributed by atoms with Crippen molar-refractivity contribution in [1.29, 1.82) is 0 Å². The Hall–Kier alpha value is 0.310. The van der Waals surface area contributed by atoms with E-state index in [0.29, 0.717) is 0 Å². The average molecular weight is 187 g/mol. The van der Waals surface area contributed by atoms with Crippen LogP contribution < -0.4 is 0 Å². The minimum absolute atomic E-state index is 0.874. The van der Waals surface area contributed by atoms with Gasteiger partial charge in [-0.1, -0.05) is 13.3 Å². The first-order valence-electron chi connectivity index (χ1n) is 5.23. The highest BCUT2D eigenvalue weighted by Crippen LogP contribution is 2.19. The van der Waals surface area contributed by atoms with Crippen molar-refractivity contribution >= 4 is 12.6 Å². The summed E-state index contributed by atoms with van der Waals surface area (Å²) in [4.78, 5) is 2.65. The van der Waals surface area contributed by atoms with Crippen LogP contribution in [0.4, 0.5) is 0 Å². The first-order chi connectivity index (χ1) is 5.88. The van der Waals surface area contributed by atoms with Crippen LogP contribution in [0.2, 0.25) is 0 Å². The molecule has 1 heterocycles. The molecule has 0 aromatic heterocycles. The van der Waals surface area contributed by atoms with Crippen molar-refractivity contribution in [3.63, 3.8) is 0 Å². The standard InChI is InChI=1S/C10H21NS/c1-2-10-6-3-4-7-11(10)8-5-9-12/h10,12H,2-9H2,1H3. The second-order valence-corrected chi connectivity index (χ2v) is 4.12. The second kappa shape index (κ2) is 5.87. The van der Waals surface area contributed by atoms with Gasteiger partial charge in [0, 0.05) is 6.04 Å². The SMILES string of the molecule is CCC1CCCCN1CCCS. The highest BCUT2D eigenvalue weighted by molar-refractivity contribution is 7.80. The lowest BCUT2D eigenvalue weighted by Crippen LogP contribution is -2.39. The molecule has 0 amide bonds. The molecule has 72 valence electrons. The third-order valence-corrected chi connectivity index (χ3v) is 3.14. The largest absolute Gasteiger partial charge is 0.300 e. The maximum Gasteiger partial charge on any atom is 0.00926 e. The Morgan fingerprint density at radius 1 is 1.42 bits per heavy atom. The number of thiol groups is 1. The maximum absolute atomic E-state index is 4.25. The molecular weight excluding hydrogens is 166 g/mol. The summed E-state index contributed by atoms with van der Waals surface area (Å²) in [5.74, 6) is 1.03. The molecular formula is C10H21NS.